The Morgan fingerprint density at radius 1 is 1.10 bits per heavy atom. The second-order valence-electron chi connectivity index (χ2n) is 7.24. The quantitative estimate of drug-likeness (QED) is 0.430. The van der Waals surface area contributed by atoms with Gasteiger partial charge in [-0.25, -0.2) is 0 Å². The zero-order valence-corrected chi connectivity index (χ0v) is 15.8. The SMILES string of the molecule is CCC1(NC(=O)CCCCCCCBr)CC(C)CC(C)C1. The fourth-order valence-electron chi connectivity index (χ4n) is 4.02. The minimum atomic E-state index is 0.0735. The molecule has 1 aliphatic carbocycles. The van der Waals surface area contributed by atoms with Gasteiger partial charge in [-0.2, -0.15) is 0 Å². The number of hydrogen-bond acceptors (Lipinski definition) is 1. The fraction of sp³-hybridized carbons (Fsp3) is 0.944. The predicted molar refractivity (Wildman–Crippen MR) is 94.8 cm³/mol. The lowest BCUT2D eigenvalue weighted by atomic mass is 9.70. The molecule has 1 saturated carbocycles. The minimum absolute atomic E-state index is 0.0735. The molecular formula is C18H34BrNO. The number of carbonyl (C=O) groups excluding carboxylic acids is 1. The summed E-state index contributed by atoms with van der Waals surface area (Å²) in [5.74, 6) is 1.75. The van der Waals surface area contributed by atoms with Crippen LogP contribution in [0.15, 0.2) is 0 Å². The molecule has 0 aromatic heterocycles. The van der Waals surface area contributed by atoms with Gasteiger partial charge in [0.05, 0.1) is 0 Å². The standard InChI is InChI=1S/C18H34BrNO/c1-4-18(13-15(2)12-16(3)14-18)20-17(21)10-8-6-5-7-9-11-19/h15-16H,4-14H2,1-3H3,(H,20,21). The Balaban J connectivity index is 2.30. The van der Waals surface area contributed by atoms with Gasteiger partial charge in [-0.05, 0) is 50.4 Å². The third-order valence-corrected chi connectivity index (χ3v) is 5.46. The summed E-state index contributed by atoms with van der Waals surface area (Å²) in [7, 11) is 0. The molecule has 21 heavy (non-hydrogen) atoms. The van der Waals surface area contributed by atoms with Gasteiger partial charge in [0.1, 0.15) is 0 Å². The molecule has 2 atom stereocenters. The van der Waals surface area contributed by atoms with Crippen molar-refractivity contribution in [2.24, 2.45) is 11.8 Å². The van der Waals surface area contributed by atoms with Crippen LogP contribution in [0, 0.1) is 11.8 Å². The van der Waals surface area contributed by atoms with E-state index in [2.05, 4.69) is 42.0 Å². The van der Waals surface area contributed by atoms with Gasteiger partial charge >= 0.3 is 0 Å². The van der Waals surface area contributed by atoms with Crippen LogP contribution < -0.4 is 5.32 Å². The van der Waals surface area contributed by atoms with Crippen LogP contribution in [0.5, 0.6) is 0 Å². The molecule has 3 heteroatoms. The zero-order valence-electron chi connectivity index (χ0n) is 14.2. The molecule has 0 bridgehead atoms. The first kappa shape index (κ1) is 19.0. The molecule has 1 aliphatic rings. The normalized spacial score (nSPS) is 29.3. The molecule has 0 heterocycles. The minimum Gasteiger partial charge on any atom is -0.351 e. The van der Waals surface area contributed by atoms with Crippen molar-refractivity contribution in [1.82, 2.24) is 5.32 Å². The van der Waals surface area contributed by atoms with Crippen LogP contribution in [0.4, 0.5) is 0 Å². The number of amides is 1. The Kier molecular flexibility index (Phi) is 8.92. The second kappa shape index (κ2) is 9.86. The Bertz CT molecular complexity index is 296. The highest BCUT2D eigenvalue weighted by molar-refractivity contribution is 9.09. The number of hydrogen-bond donors (Lipinski definition) is 1. The molecule has 1 fully saturated rings. The van der Waals surface area contributed by atoms with Crippen LogP contribution in [0.2, 0.25) is 0 Å². The van der Waals surface area contributed by atoms with Crippen molar-refractivity contribution in [1.29, 1.82) is 0 Å². The summed E-state index contributed by atoms with van der Waals surface area (Å²) >= 11 is 3.46. The molecule has 0 aliphatic heterocycles. The van der Waals surface area contributed by atoms with E-state index in [0.717, 1.165) is 42.8 Å². The van der Waals surface area contributed by atoms with Crippen molar-refractivity contribution in [2.75, 3.05) is 5.33 Å². The Labute approximate surface area is 140 Å². The molecule has 0 saturated heterocycles. The van der Waals surface area contributed by atoms with E-state index in [0.29, 0.717) is 6.42 Å². The van der Waals surface area contributed by atoms with E-state index in [9.17, 15) is 4.79 Å². The molecule has 2 unspecified atom stereocenters. The topological polar surface area (TPSA) is 29.1 Å². The summed E-state index contributed by atoms with van der Waals surface area (Å²) in [5.41, 5.74) is 0.0735. The van der Waals surface area contributed by atoms with E-state index >= 15 is 0 Å². The van der Waals surface area contributed by atoms with Gasteiger partial charge in [-0.15, -0.1) is 0 Å². The largest absolute Gasteiger partial charge is 0.351 e. The lowest BCUT2D eigenvalue weighted by molar-refractivity contribution is -0.124. The maximum atomic E-state index is 12.3. The van der Waals surface area contributed by atoms with E-state index < -0.39 is 0 Å². The van der Waals surface area contributed by atoms with Crippen LogP contribution in [-0.2, 0) is 4.79 Å². The number of halogens is 1. The third kappa shape index (κ3) is 7.17. The van der Waals surface area contributed by atoms with E-state index in [1.165, 1.54) is 32.1 Å². The summed E-state index contributed by atoms with van der Waals surface area (Å²) < 4.78 is 0. The van der Waals surface area contributed by atoms with Crippen LogP contribution in [0.3, 0.4) is 0 Å². The van der Waals surface area contributed by atoms with Gasteiger partial charge in [0.15, 0.2) is 0 Å². The Morgan fingerprint density at radius 3 is 2.24 bits per heavy atom. The lowest BCUT2D eigenvalue weighted by Crippen LogP contribution is -2.52. The van der Waals surface area contributed by atoms with E-state index in [1.54, 1.807) is 0 Å². The zero-order chi connectivity index (χ0) is 15.7. The van der Waals surface area contributed by atoms with Crippen LogP contribution in [-0.4, -0.2) is 16.8 Å². The number of rotatable bonds is 9. The monoisotopic (exact) mass is 359 g/mol. The Morgan fingerprint density at radius 2 is 1.67 bits per heavy atom. The van der Waals surface area contributed by atoms with Gasteiger partial charge in [-0.3, -0.25) is 4.79 Å². The van der Waals surface area contributed by atoms with Crippen LogP contribution in [0.25, 0.3) is 0 Å². The number of alkyl halides is 1. The van der Waals surface area contributed by atoms with E-state index in [1.807, 2.05) is 0 Å². The number of nitrogens with one attached hydrogen (secondary N) is 1. The predicted octanol–water partition coefficient (Wildman–Crippen LogP) is 5.44. The summed E-state index contributed by atoms with van der Waals surface area (Å²) in [6, 6.07) is 0. The molecule has 1 N–H and O–H groups in total. The van der Waals surface area contributed by atoms with Crippen molar-refractivity contribution < 1.29 is 4.79 Å². The third-order valence-electron chi connectivity index (χ3n) is 4.90. The molecule has 0 aromatic carbocycles. The van der Waals surface area contributed by atoms with Crippen molar-refractivity contribution in [2.45, 2.75) is 90.5 Å². The summed E-state index contributed by atoms with van der Waals surface area (Å²) in [5, 5.41) is 4.50. The van der Waals surface area contributed by atoms with Crippen molar-refractivity contribution in [3.63, 3.8) is 0 Å². The molecule has 124 valence electrons. The van der Waals surface area contributed by atoms with Gasteiger partial charge < -0.3 is 5.32 Å². The van der Waals surface area contributed by atoms with E-state index in [-0.39, 0.29) is 11.4 Å². The highest BCUT2D eigenvalue weighted by Gasteiger charge is 2.37. The number of carbonyl (C=O) groups is 1. The average Bonchev–Trinajstić information content (AvgIpc) is 2.41. The molecule has 0 aromatic rings. The molecule has 1 rings (SSSR count). The van der Waals surface area contributed by atoms with Gasteiger partial charge in [0.25, 0.3) is 0 Å². The van der Waals surface area contributed by atoms with Crippen molar-refractivity contribution >= 4 is 21.8 Å². The Hall–Kier alpha value is -0.0500. The van der Waals surface area contributed by atoms with Gasteiger partial charge in [-0.1, -0.05) is 56.0 Å². The van der Waals surface area contributed by atoms with Crippen molar-refractivity contribution in [3.05, 3.63) is 0 Å². The number of unbranched alkanes of at least 4 members (excludes halogenated alkanes) is 4. The van der Waals surface area contributed by atoms with Crippen LogP contribution >= 0.6 is 15.9 Å². The van der Waals surface area contributed by atoms with Crippen molar-refractivity contribution in [3.8, 4) is 0 Å². The summed E-state index contributed by atoms with van der Waals surface area (Å²) in [6.07, 6.45) is 11.4. The van der Waals surface area contributed by atoms with Gasteiger partial charge in [0, 0.05) is 17.3 Å². The summed E-state index contributed by atoms with van der Waals surface area (Å²) in [4.78, 5) is 12.3. The molecule has 0 spiro atoms. The van der Waals surface area contributed by atoms with Gasteiger partial charge in [0.2, 0.25) is 5.91 Å². The first-order chi connectivity index (χ1) is 10.0. The smallest absolute Gasteiger partial charge is 0.220 e. The lowest BCUT2D eigenvalue weighted by Gasteiger charge is -2.43. The highest BCUT2D eigenvalue weighted by atomic mass is 79.9. The molecule has 0 radical (unpaired) electrons. The fourth-order valence-corrected chi connectivity index (χ4v) is 4.42. The molecular weight excluding hydrogens is 326 g/mol. The van der Waals surface area contributed by atoms with Crippen LogP contribution in [0.1, 0.15) is 85.0 Å². The molecule has 2 nitrogen and oxygen atoms in total. The first-order valence-electron chi connectivity index (χ1n) is 8.88. The maximum absolute atomic E-state index is 12.3. The highest BCUT2D eigenvalue weighted by Crippen LogP contribution is 2.38. The molecule has 1 amide bonds. The van der Waals surface area contributed by atoms with E-state index in [4.69, 9.17) is 0 Å². The second-order valence-corrected chi connectivity index (χ2v) is 8.04. The first-order valence-corrected chi connectivity index (χ1v) is 10.0. The average molecular weight is 360 g/mol. The maximum Gasteiger partial charge on any atom is 0.220 e. The summed E-state index contributed by atoms with van der Waals surface area (Å²) in [6.45, 7) is 6.89.